The fourth-order valence-electron chi connectivity index (χ4n) is 4.26. The maximum Gasteiger partial charge on any atom is 0.0249 e. The summed E-state index contributed by atoms with van der Waals surface area (Å²) < 4.78 is 0. The highest BCUT2D eigenvalue weighted by molar-refractivity contribution is 5.02. The second kappa shape index (κ2) is 4.24. The van der Waals surface area contributed by atoms with Crippen LogP contribution in [0.4, 0.5) is 0 Å². The van der Waals surface area contributed by atoms with Crippen LogP contribution in [0.25, 0.3) is 0 Å². The third-order valence-electron chi connectivity index (χ3n) is 5.52. The molecule has 2 saturated heterocycles. The molecule has 0 amide bonds. The molecular weight excluding hydrogens is 208 g/mol. The molecule has 2 heterocycles. The largest absolute Gasteiger partial charge is 0.309 e. The number of rotatable bonds is 4. The van der Waals surface area contributed by atoms with Gasteiger partial charge in [0.05, 0.1) is 0 Å². The van der Waals surface area contributed by atoms with E-state index in [9.17, 15) is 0 Å². The monoisotopic (exact) mass is 234 g/mol. The number of hydrogen-bond acceptors (Lipinski definition) is 2. The zero-order valence-electron chi connectivity index (χ0n) is 10.9. The van der Waals surface area contributed by atoms with Gasteiger partial charge in [0, 0.05) is 24.7 Å². The fraction of sp³-hybridized carbons (Fsp3) is 1.00. The number of fused-ring (bicyclic) bond motifs is 1. The Labute approximate surface area is 105 Å². The first-order chi connectivity index (χ1) is 8.42. The van der Waals surface area contributed by atoms with Gasteiger partial charge in [-0.1, -0.05) is 6.42 Å². The van der Waals surface area contributed by atoms with E-state index in [1.807, 2.05) is 0 Å². The van der Waals surface area contributed by atoms with Crippen LogP contribution in [0.1, 0.15) is 51.4 Å². The van der Waals surface area contributed by atoms with Crippen LogP contribution in [-0.2, 0) is 0 Å². The van der Waals surface area contributed by atoms with Crippen molar-refractivity contribution in [3.05, 3.63) is 0 Å². The van der Waals surface area contributed by atoms with E-state index in [2.05, 4.69) is 10.2 Å². The second-order valence-electron chi connectivity index (χ2n) is 6.86. The van der Waals surface area contributed by atoms with E-state index in [0.29, 0.717) is 0 Å². The zero-order valence-corrected chi connectivity index (χ0v) is 10.9. The summed E-state index contributed by atoms with van der Waals surface area (Å²) in [6.07, 6.45) is 11.8. The lowest BCUT2D eigenvalue weighted by molar-refractivity contribution is 0.173. The highest BCUT2D eigenvalue weighted by Crippen LogP contribution is 2.45. The van der Waals surface area contributed by atoms with Crippen LogP contribution < -0.4 is 5.32 Å². The van der Waals surface area contributed by atoms with Crippen LogP contribution in [-0.4, -0.2) is 36.1 Å². The van der Waals surface area contributed by atoms with Gasteiger partial charge in [0.15, 0.2) is 0 Å². The minimum Gasteiger partial charge on any atom is -0.309 e. The van der Waals surface area contributed by atoms with Crippen molar-refractivity contribution in [3.63, 3.8) is 0 Å². The van der Waals surface area contributed by atoms with Crippen LogP contribution in [0, 0.1) is 11.8 Å². The van der Waals surface area contributed by atoms with E-state index in [0.717, 1.165) is 30.0 Å². The Hall–Kier alpha value is -0.0800. The van der Waals surface area contributed by atoms with Crippen molar-refractivity contribution in [2.24, 2.45) is 11.8 Å². The summed E-state index contributed by atoms with van der Waals surface area (Å²) in [6, 6.07) is 2.63. The summed E-state index contributed by atoms with van der Waals surface area (Å²) in [7, 11) is 0. The predicted molar refractivity (Wildman–Crippen MR) is 70.0 cm³/mol. The van der Waals surface area contributed by atoms with Gasteiger partial charge in [-0.15, -0.1) is 0 Å². The average Bonchev–Trinajstić information content (AvgIpc) is 3.25. The van der Waals surface area contributed by atoms with Crippen molar-refractivity contribution >= 4 is 0 Å². The highest BCUT2D eigenvalue weighted by Gasteiger charge is 2.44. The smallest absolute Gasteiger partial charge is 0.0249 e. The summed E-state index contributed by atoms with van der Waals surface area (Å²) in [5.74, 6) is 2.11. The molecule has 1 N–H and O–H groups in total. The first-order valence-corrected chi connectivity index (χ1v) is 7.92. The van der Waals surface area contributed by atoms with Crippen LogP contribution in [0.2, 0.25) is 0 Å². The van der Waals surface area contributed by atoms with E-state index < -0.39 is 0 Å². The Bertz CT molecular complexity index is 271. The molecule has 2 heteroatoms. The first-order valence-electron chi connectivity index (χ1n) is 7.92. The zero-order chi connectivity index (χ0) is 11.2. The summed E-state index contributed by atoms with van der Waals surface area (Å²) in [5, 5.41) is 4.10. The van der Waals surface area contributed by atoms with Crippen molar-refractivity contribution in [1.82, 2.24) is 10.2 Å². The van der Waals surface area contributed by atoms with Crippen molar-refractivity contribution in [2.75, 3.05) is 13.1 Å². The molecule has 4 aliphatic rings. The van der Waals surface area contributed by atoms with Gasteiger partial charge in [-0.2, -0.15) is 0 Å². The molecule has 0 spiro atoms. The fourth-order valence-corrected chi connectivity index (χ4v) is 4.26. The van der Waals surface area contributed by atoms with E-state index in [4.69, 9.17) is 0 Å². The average molecular weight is 234 g/mol. The molecule has 2 aliphatic carbocycles. The highest BCUT2D eigenvalue weighted by atomic mass is 15.2. The van der Waals surface area contributed by atoms with Crippen molar-refractivity contribution in [1.29, 1.82) is 0 Å². The van der Waals surface area contributed by atoms with Crippen molar-refractivity contribution in [3.8, 4) is 0 Å². The third-order valence-corrected chi connectivity index (χ3v) is 5.52. The van der Waals surface area contributed by atoms with Crippen LogP contribution >= 0.6 is 0 Å². The van der Waals surface area contributed by atoms with E-state index in [1.165, 1.54) is 64.5 Å². The number of nitrogens with zero attached hydrogens (tertiary/aromatic N) is 1. The molecule has 4 rings (SSSR count). The molecule has 0 aromatic heterocycles. The lowest BCUT2D eigenvalue weighted by Gasteiger charge is -2.34. The van der Waals surface area contributed by atoms with Gasteiger partial charge < -0.3 is 5.32 Å². The SMILES string of the molecule is C1CCN2CCC(NC(C3CC3)C3CC3)C2C1. The van der Waals surface area contributed by atoms with Gasteiger partial charge in [-0.25, -0.2) is 0 Å². The van der Waals surface area contributed by atoms with Gasteiger partial charge in [0.2, 0.25) is 0 Å². The van der Waals surface area contributed by atoms with Crippen LogP contribution in [0.5, 0.6) is 0 Å². The van der Waals surface area contributed by atoms with E-state index in [1.54, 1.807) is 0 Å². The van der Waals surface area contributed by atoms with Gasteiger partial charge in [0.25, 0.3) is 0 Å². The lowest BCUT2D eigenvalue weighted by Crippen LogP contribution is -2.49. The summed E-state index contributed by atoms with van der Waals surface area (Å²) in [6.45, 7) is 2.74. The Morgan fingerprint density at radius 1 is 0.824 bits per heavy atom. The molecule has 0 radical (unpaired) electrons. The van der Waals surface area contributed by atoms with Gasteiger partial charge >= 0.3 is 0 Å². The minimum absolute atomic E-state index is 0.835. The Balaban J connectivity index is 1.40. The molecular formula is C15H26N2. The maximum atomic E-state index is 4.10. The molecule has 0 aromatic rings. The van der Waals surface area contributed by atoms with Crippen LogP contribution in [0.15, 0.2) is 0 Å². The predicted octanol–water partition coefficient (Wildman–Crippen LogP) is 2.39. The van der Waals surface area contributed by atoms with Crippen molar-refractivity contribution in [2.45, 2.75) is 69.5 Å². The standard InChI is InChI=1S/C15H26N2/c1-2-9-17-10-8-13(14(17)3-1)16-15(11-4-5-11)12-6-7-12/h11-16H,1-10H2. The second-order valence-corrected chi connectivity index (χ2v) is 6.86. The number of nitrogens with one attached hydrogen (secondary N) is 1. The Kier molecular flexibility index (Phi) is 2.69. The Morgan fingerprint density at radius 2 is 1.59 bits per heavy atom. The van der Waals surface area contributed by atoms with Crippen molar-refractivity contribution < 1.29 is 0 Å². The number of piperidine rings is 1. The molecule has 17 heavy (non-hydrogen) atoms. The molecule has 96 valence electrons. The molecule has 2 atom stereocenters. The van der Waals surface area contributed by atoms with E-state index >= 15 is 0 Å². The number of hydrogen-bond donors (Lipinski definition) is 1. The van der Waals surface area contributed by atoms with Crippen LogP contribution in [0.3, 0.4) is 0 Å². The third kappa shape index (κ3) is 2.15. The molecule has 0 aromatic carbocycles. The molecule has 2 aliphatic heterocycles. The molecule has 4 fully saturated rings. The normalized spacial score (nSPS) is 38.6. The molecule has 0 bridgehead atoms. The molecule has 2 nitrogen and oxygen atoms in total. The maximum absolute atomic E-state index is 4.10. The topological polar surface area (TPSA) is 15.3 Å². The minimum atomic E-state index is 0.835. The van der Waals surface area contributed by atoms with Gasteiger partial charge in [0.1, 0.15) is 0 Å². The molecule has 2 saturated carbocycles. The summed E-state index contributed by atoms with van der Waals surface area (Å²) in [4.78, 5) is 2.76. The van der Waals surface area contributed by atoms with Gasteiger partial charge in [-0.3, -0.25) is 4.90 Å². The summed E-state index contributed by atoms with van der Waals surface area (Å²) in [5.41, 5.74) is 0. The molecule has 2 unspecified atom stereocenters. The first kappa shape index (κ1) is 10.8. The lowest BCUT2D eigenvalue weighted by atomic mass is 9.97. The van der Waals surface area contributed by atoms with E-state index in [-0.39, 0.29) is 0 Å². The van der Waals surface area contributed by atoms with Gasteiger partial charge in [-0.05, 0) is 63.3 Å². The summed E-state index contributed by atoms with van der Waals surface area (Å²) >= 11 is 0. The Morgan fingerprint density at radius 3 is 2.29 bits per heavy atom. The quantitative estimate of drug-likeness (QED) is 0.803.